The maximum atomic E-state index is 12.7. The molecule has 3 aromatic rings. The fraction of sp³-hybridized carbons (Fsp3) is 0.381. The largest absolute Gasteiger partial charge is 0.372 e. The molecule has 154 valence electrons. The highest BCUT2D eigenvalue weighted by Crippen LogP contribution is 2.32. The lowest BCUT2D eigenvalue weighted by atomic mass is 10.1. The van der Waals surface area contributed by atoms with Gasteiger partial charge in [-0.1, -0.05) is 12.1 Å². The molecule has 0 bridgehead atoms. The molecule has 0 spiro atoms. The second-order valence-electron chi connectivity index (χ2n) is 7.35. The van der Waals surface area contributed by atoms with Crippen LogP contribution in [0, 0.1) is 13.8 Å². The predicted octanol–water partition coefficient (Wildman–Crippen LogP) is 4.96. The van der Waals surface area contributed by atoms with E-state index in [0.29, 0.717) is 4.21 Å². The van der Waals surface area contributed by atoms with E-state index in [1.165, 1.54) is 36.3 Å². The normalized spacial score (nSPS) is 15.0. The van der Waals surface area contributed by atoms with E-state index in [1.54, 1.807) is 17.4 Å². The number of piperidine rings is 1. The van der Waals surface area contributed by atoms with Gasteiger partial charge < -0.3 is 4.90 Å². The molecule has 1 saturated heterocycles. The van der Waals surface area contributed by atoms with Gasteiger partial charge in [-0.15, -0.1) is 22.7 Å². The molecule has 1 fully saturated rings. The van der Waals surface area contributed by atoms with E-state index in [1.807, 2.05) is 31.4 Å². The van der Waals surface area contributed by atoms with Crippen molar-refractivity contribution in [2.24, 2.45) is 0 Å². The standard InChI is InChI=1S/C21H25N3O2S3/c1-15-16(2)28-21(23-15)18-12-20(27-14-18)29(25,26)22-13-17-6-8-19(9-7-17)24-10-4-3-5-11-24/h6-9,12,14,22H,3-5,10-11,13H2,1-2H3. The molecule has 0 atom stereocenters. The molecule has 0 radical (unpaired) electrons. The van der Waals surface area contributed by atoms with Crippen molar-refractivity contribution < 1.29 is 8.42 Å². The third-order valence-corrected chi connectivity index (χ3v) is 9.20. The number of aryl methyl sites for hydroxylation is 2. The number of anilines is 1. The lowest BCUT2D eigenvalue weighted by molar-refractivity contribution is 0.577. The van der Waals surface area contributed by atoms with Gasteiger partial charge in [0.2, 0.25) is 10.0 Å². The van der Waals surface area contributed by atoms with Crippen molar-refractivity contribution >= 4 is 38.4 Å². The molecule has 3 heterocycles. The maximum absolute atomic E-state index is 12.7. The number of thiophene rings is 1. The number of sulfonamides is 1. The summed E-state index contributed by atoms with van der Waals surface area (Å²) < 4.78 is 28.5. The average molecular weight is 448 g/mol. The Kier molecular flexibility index (Phi) is 6.06. The van der Waals surface area contributed by atoms with Crippen LogP contribution < -0.4 is 9.62 Å². The molecule has 29 heavy (non-hydrogen) atoms. The molecule has 1 aliphatic heterocycles. The molecular formula is C21H25N3O2S3. The van der Waals surface area contributed by atoms with Gasteiger partial charge in [-0.2, -0.15) is 0 Å². The van der Waals surface area contributed by atoms with E-state index < -0.39 is 10.0 Å². The van der Waals surface area contributed by atoms with Gasteiger partial charge in [0.15, 0.2) is 0 Å². The van der Waals surface area contributed by atoms with E-state index >= 15 is 0 Å². The third-order valence-electron chi connectivity index (χ3n) is 5.24. The number of benzene rings is 1. The summed E-state index contributed by atoms with van der Waals surface area (Å²) in [5.74, 6) is 0. The monoisotopic (exact) mass is 447 g/mol. The first-order valence-electron chi connectivity index (χ1n) is 9.79. The van der Waals surface area contributed by atoms with Crippen molar-refractivity contribution in [1.29, 1.82) is 0 Å². The SMILES string of the molecule is Cc1nc(-c2csc(S(=O)(=O)NCc3ccc(N4CCCCC4)cc3)c2)sc1C. The summed E-state index contributed by atoms with van der Waals surface area (Å²) in [6.45, 7) is 6.48. The lowest BCUT2D eigenvalue weighted by Gasteiger charge is -2.28. The fourth-order valence-electron chi connectivity index (χ4n) is 3.39. The second kappa shape index (κ2) is 8.55. The van der Waals surface area contributed by atoms with Crippen molar-refractivity contribution in [1.82, 2.24) is 9.71 Å². The summed E-state index contributed by atoms with van der Waals surface area (Å²) in [5, 5.41) is 2.73. The van der Waals surface area contributed by atoms with Gasteiger partial charge in [0, 0.05) is 41.1 Å². The van der Waals surface area contributed by atoms with Crippen LogP contribution >= 0.6 is 22.7 Å². The van der Waals surface area contributed by atoms with Crippen molar-refractivity contribution in [3.63, 3.8) is 0 Å². The van der Waals surface area contributed by atoms with Crippen LogP contribution in [0.1, 0.15) is 35.4 Å². The Hall–Kier alpha value is -1.74. The Morgan fingerprint density at radius 3 is 2.48 bits per heavy atom. The Labute approximate surface area is 180 Å². The molecule has 4 rings (SSSR count). The topological polar surface area (TPSA) is 62.3 Å². The zero-order chi connectivity index (χ0) is 20.4. The van der Waals surface area contributed by atoms with Crippen LogP contribution in [0.4, 0.5) is 5.69 Å². The van der Waals surface area contributed by atoms with Gasteiger partial charge in [0.05, 0.1) is 5.69 Å². The molecule has 5 nitrogen and oxygen atoms in total. The summed E-state index contributed by atoms with van der Waals surface area (Å²) >= 11 is 2.82. The Balaban J connectivity index is 1.41. The van der Waals surface area contributed by atoms with Gasteiger partial charge in [-0.3, -0.25) is 0 Å². The third kappa shape index (κ3) is 4.71. The Morgan fingerprint density at radius 1 is 1.10 bits per heavy atom. The highest BCUT2D eigenvalue weighted by atomic mass is 32.2. The average Bonchev–Trinajstić information content (AvgIpc) is 3.35. The van der Waals surface area contributed by atoms with Crippen LogP contribution in [0.5, 0.6) is 0 Å². The molecule has 0 unspecified atom stereocenters. The van der Waals surface area contributed by atoms with E-state index in [0.717, 1.165) is 39.8 Å². The first-order valence-corrected chi connectivity index (χ1v) is 13.0. The number of rotatable bonds is 6. The number of aromatic nitrogens is 1. The summed E-state index contributed by atoms with van der Waals surface area (Å²) in [4.78, 5) is 8.07. The first-order chi connectivity index (χ1) is 13.9. The van der Waals surface area contributed by atoms with E-state index in [2.05, 4.69) is 26.7 Å². The van der Waals surface area contributed by atoms with E-state index in [-0.39, 0.29) is 6.54 Å². The molecular weight excluding hydrogens is 422 g/mol. The summed E-state index contributed by atoms with van der Waals surface area (Å²) in [6, 6.07) is 9.90. The molecule has 0 amide bonds. The number of nitrogens with zero attached hydrogens (tertiary/aromatic N) is 2. The second-order valence-corrected chi connectivity index (χ2v) is 11.5. The molecule has 1 N–H and O–H groups in total. The smallest absolute Gasteiger partial charge is 0.250 e. The number of thiazole rings is 1. The fourth-order valence-corrected chi connectivity index (χ4v) is 6.59. The number of hydrogen-bond donors (Lipinski definition) is 1. The molecule has 8 heteroatoms. The van der Waals surface area contributed by atoms with Crippen LogP contribution in [-0.2, 0) is 16.6 Å². The molecule has 1 aromatic carbocycles. The minimum absolute atomic E-state index is 0.283. The van der Waals surface area contributed by atoms with Gasteiger partial charge in [0.25, 0.3) is 0 Å². The van der Waals surface area contributed by atoms with Gasteiger partial charge in [0.1, 0.15) is 9.22 Å². The van der Waals surface area contributed by atoms with Crippen LogP contribution in [-0.4, -0.2) is 26.5 Å². The lowest BCUT2D eigenvalue weighted by Crippen LogP contribution is -2.29. The highest BCUT2D eigenvalue weighted by molar-refractivity contribution is 7.91. The first kappa shape index (κ1) is 20.5. The molecule has 0 aliphatic carbocycles. The van der Waals surface area contributed by atoms with Crippen molar-refractivity contribution in [2.45, 2.75) is 43.9 Å². The van der Waals surface area contributed by atoms with Crippen LogP contribution in [0.25, 0.3) is 10.6 Å². The molecule has 2 aromatic heterocycles. The summed E-state index contributed by atoms with van der Waals surface area (Å²) in [6.07, 6.45) is 3.79. The summed E-state index contributed by atoms with van der Waals surface area (Å²) in [7, 11) is -3.54. The Morgan fingerprint density at radius 2 is 1.83 bits per heavy atom. The maximum Gasteiger partial charge on any atom is 0.250 e. The minimum Gasteiger partial charge on any atom is -0.372 e. The van der Waals surface area contributed by atoms with Gasteiger partial charge in [-0.05, 0) is 56.9 Å². The van der Waals surface area contributed by atoms with E-state index in [4.69, 9.17) is 0 Å². The van der Waals surface area contributed by atoms with Crippen LogP contribution in [0.3, 0.4) is 0 Å². The number of nitrogens with one attached hydrogen (secondary N) is 1. The zero-order valence-electron chi connectivity index (χ0n) is 16.6. The molecule has 0 saturated carbocycles. The highest BCUT2D eigenvalue weighted by Gasteiger charge is 2.19. The van der Waals surface area contributed by atoms with Crippen molar-refractivity contribution in [2.75, 3.05) is 18.0 Å². The van der Waals surface area contributed by atoms with Gasteiger partial charge in [-0.25, -0.2) is 18.1 Å². The Bertz CT molecular complexity index is 1060. The van der Waals surface area contributed by atoms with Crippen molar-refractivity contribution in [3.8, 4) is 10.6 Å². The van der Waals surface area contributed by atoms with Gasteiger partial charge >= 0.3 is 0 Å². The van der Waals surface area contributed by atoms with Crippen LogP contribution in [0.2, 0.25) is 0 Å². The van der Waals surface area contributed by atoms with Crippen molar-refractivity contribution in [3.05, 3.63) is 51.8 Å². The zero-order valence-corrected chi connectivity index (χ0v) is 19.1. The van der Waals surface area contributed by atoms with Crippen LogP contribution in [0.15, 0.2) is 39.9 Å². The van der Waals surface area contributed by atoms with E-state index in [9.17, 15) is 8.42 Å². The predicted molar refractivity (Wildman–Crippen MR) is 121 cm³/mol. The number of hydrogen-bond acceptors (Lipinski definition) is 6. The quantitative estimate of drug-likeness (QED) is 0.580. The minimum atomic E-state index is -3.54. The molecule has 1 aliphatic rings. The summed E-state index contributed by atoms with van der Waals surface area (Å²) in [5.41, 5.74) is 4.03.